The molecule has 2 N–H and O–H groups in total. The third-order valence-corrected chi connectivity index (χ3v) is 6.27. The average Bonchev–Trinajstić information content (AvgIpc) is 3.06. The van der Waals surface area contributed by atoms with E-state index in [-0.39, 0.29) is 6.04 Å². The van der Waals surface area contributed by atoms with Crippen LogP contribution in [0.1, 0.15) is 25.1 Å². The van der Waals surface area contributed by atoms with Crippen molar-refractivity contribution in [3.05, 3.63) is 12.2 Å². The molecule has 1 atom stereocenters. The van der Waals surface area contributed by atoms with Crippen molar-refractivity contribution in [3.63, 3.8) is 0 Å². The first kappa shape index (κ1) is 18.1. The topological polar surface area (TPSA) is 105 Å². The molecule has 140 valence electrons. The van der Waals surface area contributed by atoms with Gasteiger partial charge in [-0.1, -0.05) is 0 Å². The van der Waals surface area contributed by atoms with E-state index in [0.717, 1.165) is 50.6 Å². The molecule has 0 aromatic carbocycles. The average molecular weight is 369 g/mol. The predicted octanol–water partition coefficient (Wildman–Crippen LogP) is -0.570. The lowest BCUT2D eigenvalue weighted by molar-refractivity contribution is 0.274. The standard InChI is InChI=1S/C15H27N7O2S/c1-16-15(20-13-3-4-14-18-11-19-22(14)10-13)17-9-12-5-7-21(8-6-12)25(2,23)24/h11-13H,3-10H2,1-2H3,(H2,16,17,20). The Morgan fingerprint density at radius 3 is 2.80 bits per heavy atom. The minimum atomic E-state index is -3.06. The van der Waals surface area contributed by atoms with Crippen LogP contribution in [0.15, 0.2) is 11.3 Å². The Morgan fingerprint density at radius 2 is 2.12 bits per heavy atom. The Morgan fingerprint density at radius 1 is 1.36 bits per heavy atom. The van der Waals surface area contributed by atoms with Gasteiger partial charge in [-0.3, -0.25) is 4.99 Å². The second kappa shape index (κ2) is 7.69. The van der Waals surface area contributed by atoms with Gasteiger partial charge in [-0.25, -0.2) is 22.4 Å². The quantitative estimate of drug-likeness (QED) is 0.544. The molecule has 0 radical (unpaired) electrons. The van der Waals surface area contributed by atoms with Gasteiger partial charge in [0.2, 0.25) is 10.0 Å². The molecule has 1 aromatic heterocycles. The third kappa shape index (κ3) is 4.69. The number of hydrogen-bond acceptors (Lipinski definition) is 5. The summed E-state index contributed by atoms with van der Waals surface area (Å²) in [4.78, 5) is 8.55. The number of aromatic nitrogens is 3. The first-order valence-corrected chi connectivity index (χ1v) is 10.6. The SMILES string of the molecule is CN=C(NCC1CCN(S(C)(=O)=O)CC1)NC1CCc2ncnn2C1. The van der Waals surface area contributed by atoms with Gasteiger partial charge in [0.05, 0.1) is 12.8 Å². The van der Waals surface area contributed by atoms with E-state index in [0.29, 0.717) is 19.0 Å². The zero-order valence-electron chi connectivity index (χ0n) is 14.8. The molecule has 1 fully saturated rings. The summed E-state index contributed by atoms with van der Waals surface area (Å²) < 4.78 is 26.6. The highest BCUT2D eigenvalue weighted by atomic mass is 32.2. The maximum Gasteiger partial charge on any atom is 0.211 e. The molecule has 0 bridgehead atoms. The summed E-state index contributed by atoms with van der Waals surface area (Å²) in [6.07, 6.45) is 6.56. The molecule has 3 heterocycles. The summed E-state index contributed by atoms with van der Waals surface area (Å²) in [6.45, 7) is 2.81. The molecule has 25 heavy (non-hydrogen) atoms. The highest BCUT2D eigenvalue weighted by molar-refractivity contribution is 7.88. The van der Waals surface area contributed by atoms with Crippen LogP contribution >= 0.6 is 0 Å². The second-order valence-corrected chi connectivity index (χ2v) is 8.78. The van der Waals surface area contributed by atoms with Crippen LogP contribution in [-0.4, -0.2) is 72.4 Å². The summed E-state index contributed by atoms with van der Waals surface area (Å²) in [5, 5.41) is 11.1. The molecule has 9 nitrogen and oxygen atoms in total. The number of guanidine groups is 1. The van der Waals surface area contributed by atoms with Crippen molar-refractivity contribution < 1.29 is 8.42 Å². The van der Waals surface area contributed by atoms with Crippen molar-refractivity contribution in [1.29, 1.82) is 0 Å². The number of nitrogens with one attached hydrogen (secondary N) is 2. The van der Waals surface area contributed by atoms with E-state index in [1.54, 1.807) is 17.7 Å². The van der Waals surface area contributed by atoms with Gasteiger partial charge < -0.3 is 10.6 Å². The number of rotatable bonds is 4. The zero-order valence-corrected chi connectivity index (χ0v) is 15.7. The van der Waals surface area contributed by atoms with Crippen LogP contribution in [-0.2, 0) is 23.0 Å². The van der Waals surface area contributed by atoms with E-state index in [1.165, 1.54) is 6.26 Å². The number of aryl methyl sites for hydroxylation is 1. The van der Waals surface area contributed by atoms with Crippen molar-refractivity contribution in [1.82, 2.24) is 29.7 Å². The number of hydrogen-bond donors (Lipinski definition) is 2. The van der Waals surface area contributed by atoms with E-state index in [4.69, 9.17) is 0 Å². The van der Waals surface area contributed by atoms with Crippen molar-refractivity contribution in [3.8, 4) is 0 Å². The highest BCUT2D eigenvalue weighted by Gasteiger charge is 2.25. The molecule has 0 spiro atoms. The normalized spacial score (nSPS) is 23.3. The molecule has 2 aliphatic rings. The van der Waals surface area contributed by atoms with Crippen LogP contribution in [0, 0.1) is 5.92 Å². The molecular formula is C15H27N7O2S. The van der Waals surface area contributed by atoms with Gasteiger partial charge in [-0.05, 0) is 25.2 Å². The number of nitrogens with zero attached hydrogens (tertiary/aromatic N) is 5. The molecule has 1 aromatic rings. The van der Waals surface area contributed by atoms with E-state index in [1.807, 2.05) is 4.68 Å². The lowest BCUT2D eigenvalue weighted by Crippen LogP contribution is -2.49. The van der Waals surface area contributed by atoms with Crippen LogP contribution < -0.4 is 10.6 Å². The summed E-state index contributed by atoms with van der Waals surface area (Å²) in [5.41, 5.74) is 0. The van der Waals surface area contributed by atoms with Crippen LogP contribution in [0.25, 0.3) is 0 Å². The van der Waals surface area contributed by atoms with Crippen molar-refractivity contribution >= 4 is 16.0 Å². The number of fused-ring (bicyclic) bond motifs is 1. The van der Waals surface area contributed by atoms with E-state index < -0.39 is 10.0 Å². The van der Waals surface area contributed by atoms with Gasteiger partial charge >= 0.3 is 0 Å². The van der Waals surface area contributed by atoms with Gasteiger partial charge in [-0.2, -0.15) is 5.10 Å². The molecule has 1 saturated heterocycles. The lowest BCUT2D eigenvalue weighted by atomic mass is 9.98. The summed E-state index contributed by atoms with van der Waals surface area (Å²) in [7, 11) is -1.29. The van der Waals surface area contributed by atoms with Crippen LogP contribution in [0.2, 0.25) is 0 Å². The number of sulfonamides is 1. The summed E-state index contributed by atoms with van der Waals surface area (Å²) in [6, 6.07) is 0.285. The van der Waals surface area contributed by atoms with Gasteiger partial charge in [0.15, 0.2) is 5.96 Å². The largest absolute Gasteiger partial charge is 0.356 e. The Labute approximate surface area is 149 Å². The van der Waals surface area contributed by atoms with Crippen LogP contribution in [0.4, 0.5) is 0 Å². The van der Waals surface area contributed by atoms with Gasteiger partial charge in [0.25, 0.3) is 0 Å². The fourth-order valence-electron chi connectivity index (χ4n) is 3.43. The van der Waals surface area contributed by atoms with Crippen molar-refractivity contribution in [2.75, 3.05) is 32.9 Å². The molecule has 0 aliphatic carbocycles. The minimum Gasteiger partial charge on any atom is -0.356 e. The first-order chi connectivity index (χ1) is 12.0. The zero-order chi connectivity index (χ0) is 17.9. The fraction of sp³-hybridized carbons (Fsp3) is 0.800. The van der Waals surface area contributed by atoms with Crippen molar-refractivity contribution in [2.45, 2.75) is 38.3 Å². The molecular weight excluding hydrogens is 342 g/mol. The summed E-state index contributed by atoms with van der Waals surface area (Å²) >= 11 is 0. The van der Waals surface area contributed by atoms with Crippen molar-refractivity contribution in [2.24, 2.45) is 10.9 Å². The molecule has 2 aliphatic heterocycles. The maximum absolute atomic E-state index is 11.6. The third-order valence-electron chi connectivity index (χ3n) is 4.97. The summed E-state index contributed by atoms with van der Waals surface area (Å²) in [5.74, 6) is 2.29. The molecule has 10 heteroatoms. The number of piperidine rings is 1. The van der Waals surface area contributed by atoms with Gasteiger partial charge in [0, 0.05) is 39.1 Å². The van der Waals surface area contributed by atoms with Crippen LogP contribution in [0.5, 0.6) is 0 Å². The van der Waals surface area contributed by atoms with E-state index >= 15 is 0 Å². The highest BCUT2D eigenvalue weighted by Crippen LogP contribution is 2.18. The number of aliphatic imine (C=N–C) groups is 1. The smallest absolute Gasteiger partial charge is 0.211 e. The second-order valence-electron chi connectivity index (χ2n) is 6.80. The monoisotopic (exact) mass is 369 g/mol. The van der Waals surface area contributed by atoms with Crippen LogP contribution in [0.3, 0.4) is 0 Å². The Hall–Kier alpha value is -1.68. The Kier molecular flexibility index (Phi) is 5.57. The van der Waals surface area contributed by atoms with E-state index in [2.05, 4.69) is 25.7 Å². The fourth-order valence-corrected chi connectivity index (χ4v) is 4.30. The molecule has 3 rings (SSSR count). The maximum atomic E-state index is 11.6. The lowest BCUT2D eigenvalue weighted by Gasteiger charge is -2.31. The van der Waals surface area contributed by atoms with Gasteiger partial charge in [0.1, 0.15) is 12.2 Å². The Bertz CT molecular complexity index is 707. The molecule has 0 amide bonds. The van der Waals surface area contributed by atoms with Gasteiger partial charge in [-0.15, -0.1) is 0 Å². The predicted molar refractivity (Wildman–Crippen MR) is 95.8 cm³/mol. The van der Waals surface area contributed by atoms with E-state index in [9.17, 15) is 8.42 Å². The Balaban J connectivity index is 1.43. The minimum absolute atomic E-state index is 0.285. The molecule has 0 saturated carbocycles. The molecule has 1 unspecified atom stereocenters. The first-order valence-electron chi connectivity index (χ1n) is 8.74.